The molecule has 7 rings (SSSR count). The molecule has 46 heavy (non-hydrogen) atoms. The van der Waals surface area contributed by atoms with Crippen LogP contribution in [0.25, 0.3) is 22.2 Å². The molecule has 4 heterocycles. The van der Waals surface area contributed by atoms with Crippen molar-refractivity contribution in [3.8, 4) is 22.8 Å². The fraction of sp³-hybridized carbons (Fsp3) is 0.273. The standard InChI is InChI=1S/C33H27F4N5O4/c1-31(25-10-12-40-42-25)17-45-29-23(31)15-26(41-28(29)18-4-6-21(34)7-5-18)32(44,33(35,36)37)16-39-30(43)20-13-19-3-2-11-38-27(19)24(14-20)46-22-8-9-22/h2-7,10-15,22,44H,8-9,16-17H2,1H3,(H,39,43)(H,40,42)/t31-,32?/m0/s1. The molecule has 0 radical (unpaired) electrons. The van der Waals surface area contributed by atoms with E-state index in [-0.39, 0.29) is 35.3 Å². The van der Waals surface area contributed by atoms with E-state index >= 15 is 0 Å². The van der Waals surface area contributed by atoms with E-state index in [1.165, 1.54) is 24.3 Å². The third-order valence-electron chi connectivity index (χ3n) is 8.40. The number of alkyl halides is 3. The number of pyridine rings is 2. The maximum absolute atomic E-state index is 14.9. The molecule has 3 aromatic heterocycles. The highest BCUT2D eigenvalue weighted by Crippen LogP contribution is 2.49. The Bertz CT molecular complexity index is 1950. The number of hydrogen-bond acceptors (Lipinski definition) is 7. The van der Waals surface area contributed by atoms with Crippen molar-refractivity contribution in [2.24, 2.45) is 0 Å². The molecule has 2 aliphatic rings. The molecule has 236 valence electrons. The number of H-pyrrole nitrogens is 1. The zero-order chi connectivity index (χ0) is 32.3. The van der Waals surface area contributed by atoms with Gasteiger partial charge in [0, 0.05) is 34.5 Å². The molecule has 0 spiro atoms. The lowest BCUT2D eigenvalue weighted by Gasteiger charge is -2.31. The molecule has 9 nitrogen and oxygen atoms in total. The summed E-state index contributed by atoms with van der Waals surface area (Å²) in [5.41, 5.74) is -3.83. The molecule has 0 saturated heterocycles. The van der Waals surface area contributed by atoms with Crippen LogP contribution < -0.4 is 14.8 Å². The summed E-state index contributed by atoms with van der Waals surface area (Å²) in [5.74, 6) is -0.886. The number of benzene rings is 2. The van der Waals surface area contributed by atoms with Crippen LogP contribution in [0.2, 0.25) is 0 Å². The van der Waals surface area contributed by atoms with Crippen LogP contribution in [-0.2, 0) is 11.0 Å². The second kappa shape index (κ2) is 10.8. The van der Waals surface area contributed by atoms with Crippen LogP contribution in [0.5, 0.6) is 11.5 Å². The van der Waals surface area contributed by atoms with Crippen LogP contribution in [-0.4, -0.2) is 56.6 Å². The summed E-state index contributed by atoms with van der Waals surface area (Å²) in [4.78, 5) is 21.9. The van der Waals surface area contributed by atoms with E-state index in [9.17, 15) is 27.5 Å². The van der Waals surface area contributed by atoms with Gasteiger partial charge in [-0.1, -0.05) is 6.07 Å². The number of rotatable bonds is 8. The van der Waals surface area contributed by atoms with Gasteiger partial charge in [-0.2, -0.15) is 18.3 Å². The summed E-state index contributed by atoms with van der Waals surface area (Å²) in [6.45, 7) is 0.515. The minimum Gasteiger partial charge on any atom is -0.490 e. The second-order valence-corrected chi connectivity index (χ2v) is 11.7. The summed E-state index contributed by atoms with van der Waals surface area (Å²) in [6.07, 6.45) is -0.444. The zero-order valence-electron chi connectivity index (χ0n) is 24.4. The van der Waals surface area contributed by atoms with Gasteiger partial charge in [0.15, 0.2) is 0 Å². The Kier molecular flexibility index (Phi) is 6.96. The summed E-state index contributed by atoms with van der Waals surface area (Å²) >= 11 is 0. The summed E-state index contributed by atoms with van der Waals surface area (Å²) in [7, 11) is 0. The molecule has 5 aromatic rings. The number of aromatic nitrogens is 4. The number of aliphatic hydroxyl groups is 1. The molecule has 13 heteroatoms. The largest absolute Gasteiger partial charge is 0.490 e. The average Bonchev–Trinajstić information content (AvgIpc) is 3.53. The Morgan fingerprint density at radius 3 is 2.63 bits per heavy atom. The quantitative estimate of drug-likeness (QED) is 0.191. The highest BCUT2D eigenvalue weighted by Gasteiger charge is 2.57. The molecule has 1 aliphatic carbocycles. The van der Waals surface area contributed by atoms with Crippen molar-refractivity contribution in [1.29, 1.82) is 0 Å². The number of halogens is 4. The number of ether oxygens (including phenoxy) is 2. The number of fused-ring (bicyclic) bond motifs is 2. The lowest BCUT2D eigenvalue weighted by Crippen LogP contribution is -2.51. The number of carbonyl (C=O) groups excluding carboxylic acids is 1. The SMILES string of the molecule is C[C@]1(c2cc[nH]n2)COc2c1cc(C(O)(CNC(=O)c1cc(OC3CC3)c3ncccc3c1)C(F)(F)F)nc2-c1ccc(F)cc1. The maximum Gasteiger partial charge on any atom is 0.424 e. The number of carbonyl (C=O) groups is 1. The summed E-state index contributed by atoms with van der Waals surface area (Å²) < 4.78 is 70.4. The Morgan fingerprint density at radius 2 is 1.93 bits per heavy atom. The van der Waals surface area contributed by atoms with Crippen molar-refractivity contribution in [1.82, 2.24) is 25.5 Å². The Morgan fingerprint density at radius 1 is 1.15 bits per heavy atom. The number of nitrogens with zero attached hydrogens (tertiary/aromatic N) is 3. The van der Waals surface area contributed by atoms with E-state index in [1.54, 1.807) is 37.5 Å². The number of hydrogen-bond donors (Lipinski definition) is 3. The number of aromatic amines is 1. The first-order valence-electron chi connectivity index (χ1n) is 14.5. The summed E-state index contributed by atoms with van der Waals surface area (Å²) in [6, 6.07) is 14.1. The van der Waals surface area contributed by atoms with E-state index in [2.05, 4.69) is 25.5 Å². The smallest absolute Gasteiger partial charge is 0.424 e. The van der Waals surface area contributed by atoms with E-state index in [0.29, 0.717) is 27.9 Å². The molecular formula is C33H27F4N5O4. The van der Waals surface area contributed by atoms with Crippen molar-refractivity contribution < 1.29 is 36.9 Å². The van der Waals surface area contributed by atoms with Crippen molar-refractivity contribution >= 4 is 16.8 Å². The maximum atomic E-state index is 14.9. The molecule has 2 aromatic carbocycles. The predicted molar refractivity (Wildman–Crippen MR) is 158 cm³/mol. The van der Waals surface area contributed by atoms with Crippen LogP contribution in [0.15, 0.2) is 73.1 Å². The van der Waals surface area contributed by atoms with Crippen LogP contribution in [0, 0.1) is 5.82 Å². The van der Waals surface area contributed by atoms with Gasteiger partial charge in [0.2, 0.25) is 5.60 Å². The minimum atomic E-state index is -5.28. The molecule has 1 fully saturated rings. The van der Waals surface area contributed by atoms with Crippen molar-refractivity contribution in [3.63, 3.8) is 0 Å². The van der Waals surface area contributed by atoms with Gasteiger partial charge >= 0.3 is 6.18 Å². The van der Waals surface area contributed by atoms with Gasteiger partial charge in [-0.05, 0) is 74.4 Å². The third kappa shape index (κ3) is 5.10. The Balaban J connectivity index is 1.29. The van der Waals surface area contributed by atoms with Crippen molar-refractivity contribution in [2.75, 3.05) is 13.2 Å². The molecule has 1 amide bonds. The van der Waals surface area contributed by atoms with Crippen LogP contribution in [0.3, 0.4) is 0 Å². The molecular weight excluding hydrogens is 606 g/mol. The second-order valence-electron chi connectivity index (χ2n) is 11.7. The molecule has 2 atom stereocenters. The minimum absolute atomic E-state index is 0.0174. The fourth-order valence-electron chi connectivity index (χ4n) is 5.57. The van der Waals surface area contributed by atoms with Crippen molar-refractivity contribution in [3.05, 3.63) is 101 Å². The van der Waals surface area contributed by atoms with Gasteiger partial charge in [-0.25, -0.2) is 9.37 Å². The highest BCUT2D eigenvalue weighted by molar-refractivity contribution is 6.00. The average molecular weight is 634 g/mol. The van der Waals surface area contributed by atoms with Gasteiger partial charge in [0.1, 0.15) is 35.1 Å². The highest BCUT2D eigenvalue weighted by atomic mass is 19.4. The van der Waals surface area contributed by atoms with Gasteiger partial charge in [0.25, 0.3) is 5.91 Å². The molecule has 1 unspecified atom stereocenters. The van der Waals surface area contributed by atoms with E-state index in [1.807, 2.05) is 0 Å². The molecule has 1 aliphatic heterocycles. The molecule has 1 saturated carbocycles. The van der Waals surface area contributed by atoms with Crippen LogP contribution in [0.4, 0.5) is 17.6 Å². The van der Waals surface area contributed by atoms with E-state index in [4.69, 9.17) is 9.47 Å². The van der Waals surface area contributed by atoms with E-state index in [0.717, 1.165) is 31.0 Å². The van der Waals surface area contributed by atoms with Gasteiger partial charge in [0.05, 0.1) is 29.5 Å². The van der Waals surface area contributed by atoms with Crippen LogP contribution >= 0.6 is 0 Å². The molecule has 0 bridgehead atoms. The normalized spacial score (nSPS) is 18.9. The number of amides is 1. The van der Waals surface area contributed by atoms with Gasteiger partial charge in [-0.3, -0.25) is 14.9 Å². The first-order valence-corrected chi connectivity index (χ1v) is 14.5. The predicted octanol–water partition coefficient (Wildman–Crippen LogP) is 5.58. The zero-order valence-corrected chi connectivity index (χ0v) is 24.4. The first kappa shape index (κ1) is 29.7. The van der Waals surface area contributed by atoms with Crippen LogP contribution in [0.1, 0.15) is 47.1 Å². The molecule has 3 N–H and O–H groups in total. The van der Waals surface area contributed by atoms with E-state index < -0.39 is 41.2 Å². The first-order chi connectivity index (χ1) is 22.0. The lowest BCUT2D eigenvalue weighted by atomic mass is 9.80. The topological polar surface area (TPSA) is 122 Å². The van der Waals surface area contributed by atoms with Gasteiger partial charge < -0.3 is 19.9 Å². The monoisotopic (exact) mass is 633 g/mol. The van der Waals surface area contributed by atoms with Crippen molar-refractivity contribution in [2.45, 2.75) is 43.1 Å². The Labute approximate surface area is 259 Å². The third-order valence-corrected chi connectivity index (χ3v) is 8.40. The Hall–Kier alpha value is -5.04. The van der Waals surface area contributed by atoms with Gasteiger partial charge in [-0.15, -0.1) is 0 Å². The lowest BCUT2D eigenvalue weighted by molar-refractivity contribution is -0.265. The fourth-order valence-corrected chi connectivity index (χ4v) is 5.57. The summed E-state index contributed by atoms with van der Waals surface area (Å²) in [5, 5.41) is 21.2. The number of nitrogens with one attached hydrogen (secondary N) is 2.